The number of aromatic amines is 1. The van der Waals surface area contributed by atoms with Gasteiger partial charge in [0.1, 0.15) is 16.7 Å². The number of nitrogens with two attached hydrogens (primary N) is 1. The van der Waals surface area contributed by atoms with Gasteiger partial charge >= 0.3 is 6.09 Å². The van der Waals surface area contributed by atoms with E-state index in [1.165, 1.54) is 7.11 Å². The monoisotopic (exact) mass is 294 g/mol. The van der Waals surface area contributed by atoms with E-state index in [1.54, 1.807) is 24.3 Å². The van der Waals surface area contributed by atoms with Crippen molar-refractivity contribution >= 4 is 23.4 Å². The van der Waals surface area contributed by atoms with Crippen molar-refractivity contribution < 1.29 is 9.53 Å². The smallest absolute Gasteiger partial charge is 0.411 e. The highest BCUT2D eigenvalue weighted by molar-refractivity contribution is 6.31. The summed E-state index contributed by atoms with van der Waals surface area (Å²) in [6, 6.07) is 6.86. The molecule has 1 heterocycles. The lowest BCUT2D eigenvalue weighted by Gasteiger charge is -2.04. The minimum Gasteiger partial charge on any atom is -0.453 e. The zero-order valence-electron chi connectivity index (χ0n) is 11.1. The predicted molar refractivity (Wildman–Crippen MR) is 77.7 cm³/mol. The van der Waals surface area contributed by atoms with E-state index < -0.39 is 6.09 Å². The molecule has 0 saturated heterocycles. The zero-order valence-corrected chi connectivity index (χ0v) is 11.9. The molecule has 0 saturated carbocycles. The summed E-state index contributed by atoms with van der Waals surface area (Å²) in [5.74, 6) is 0.627. The lowest BCUT2D eigenvalue weighted by Crippen LogP contribution is -2.10. The molecule has 20 heavy (non-hydrogen) atoms. The van der Waals surface area contributed by atoms with Gasteiger partial charge in [0.2, 0.25) is 0 Å². The topological polar surface area (TPSA) is 93.0 Å². The molecule has 0 bridgehead atoms. The van der Waals surface area contributed by atoms with E-state index in [4.69, 9.17) is 17.3 Å². The molecule has 106 valence electrons. The third-order valence-corrected chi connectivity index (χ3v) is 2.97. The van der Waals surface area contributed by atoms with Crippen LogP contribution in [0.2, 0.25) is 5.15 Å². The summed E-state index contributed by atoms with van der Waals surface area (Å²) in [5.41, 5.74) is 7.83. The number of H-pyrrole nitrogens is 1. The van der Waals surface area contributed by atoms with Crippen LogP contribution in [0.3, 0.4) is 0 Å². The summed E-state index contributed by atoms with van der Waals surface area (Å²) in [6.45, 7) is 1.82. The first-order valence-electron chi connectivity index (χ1n) is 5.97. The van der Waals surface area contributed by atoms with E-state index in [2.05, 4.69) is 20.0 Å². The normalized spacial score (nSPS) is 12.0. The lowest BCUT2D eigenvalue weighted by molar-refractivity contribution is 0.187. The Morgan fingerprint density at radius 3 is 2.60 bits per heavy atom. The third-order valence-electron chi connectivity index (χ3n) is 2.70. The minimum absolute atomic E-state index is 0.221. The number of benzene rings is 1. The van der Waals surface area contributed by atoms with Gasteiger partial charge in [0.25, 0.3) is 0 Å². The Hall–Kier alpha value is -2.05. The van der Waals surface area contributed by atoms with E-state index in [0.717, 1.165) is 5.56 Å². The van der Waals surface area contributed by atoms with Gasteiger partial charge in [-0.3, -0.25) is 5.32 Å². The standard InChI is InChI=1S/C13H15ClN4O2/c1-7(15)12-17-10(11(14)18-12)8-3-5-9(6-4-8)16-13(19)20-2/h3-7H,15H2,1-2H3,(H,16,19)(H,17,18). The number of carbonyl (C=O) groups is 1. The van der Waals surface area contributed by atoms with E-state index in [0.29, 0.717) is 22.4 Å². The fourth-order valence-electron chi connectivity index (χ4n) is 1.66. The van der Waals surface area contributed by atoms with Gasteiger partial charge in [0.15, 0.2) is 0 Å². The molecule has 0 radical (unpaired) electrons. The number of halogens is 1. The molecule has 0 spiro atoms. The first kappa shape index (κ1) is 14.4. The average Bonchev–Trinajstić information content (AvgIpc) is 2.82. The zero-order chi connectivity index (χ0) is 14.7. The number of rotatable bonds is 3. The van der Waals surface area contributed by atoms with Crippen molar-refractivity contribution in [3.05, 3.63) is 35.2 Å². The van der Waals surface area contributed by atoms with Crippen LogP contribution >= 0.6 is 11.6 Å². The van der Waals surface area contributed by atoms with Crippen LogP contribution in [0, 0.1) is 0 Å². The second-order valence-corrected chi connectivity index (χ2v) is 4.65. The van der Waals surface area contributed by atoms with Gasteiger partial charge in [0, 0.05) is 11.3 Å². The Balaban J connectivity index is 2.23. The van der Waals surface area contributed by atoms with Crippen molar-refractivity contribution in [2.75, 3.05) is 12.4 Å². The molecule has 1 atom stereocenters. The Morgan fingerprint density at radius 2 is 2.10 bits per heavy atom. The summed E-state index contributed by atoms with van der Waals surface area (Å²) in [7, 11) is 1.31. The molecular formula is C13H15ClN4O2. The quantitative estimate of drug-likeness (QED) is 0.811. The molecule has 1 unspecified atom stereocenters. The van der Waals surface area contributed by atoms with Crippen molar-refractivity contribution in [3.8, 4) is 11.3 Å². The number of nitrogens with one attached hydrogen (secondary N) is 2. The predicted octanol–water partition coefficient (Wildman–Crippen LogP) is 2.93. The van der Waals surface area contributed by atoms with Gasteiger partial charge in [-0.25, -0.2) is 9.78 Å². The first-order valence-corrected chi connectivity index (χ1v) is 6.35. The molecule has 6 nitrogen and oxygen atoms in total. The Kier molecular flexibility index (Phi) is 4.26. The van der Waals surface area contributed by atoms with E-state index >= 15 is 0 Å². The van der Waals surface area contributed by atoms with Crippen LogP contribution in [0.25, 0.3) is 11.3 Å². The second-order valence-electron chi connectivity index (χ2n) is 4.27. The van der Waals surface area contributed by atoms with Crippen molar-refractivity contribution in [2.45, 2.75) is 13.0 Å². The van der Waals surface area contributed by atoms with Crippen LogP contribution in [0.1, 0.15) is 18.8 Å². The Morgan fingerprint density at radius 1 is 1.45 bits per heavy atom. The molecule has 7 heteroatoms. The van der Waals surface area contributed by atoms with Crippen LogP contribution in [-0.4, -0.2) is 23.2 Å². The molecule has 0 aliphatic heterocycles. The van der Waals surface area contributed by atoms with Crippen LogP contribution in [0.4, 0.5) is 10.5 Å². The molecule has 2 rings (SSSR count). The highest BCUT2D eigenvalue weighted by Crippen LogP contribution is 2.27. The molecule has 1 aromatic heterocycles. The van der Waals surface area contributed by atoms with E-state index in [1.807, 2.05) is 6.92 Å². The van der Waals surface area contributed by atoms with Gasteiger partial charge in [-0.2, -0.15) is 0 Å². The van der Waals surface area contributed by atoms with Gasteiger partial charge in [0.05, 0.1) is 13.2 Å². The highest BCUT2D eigenvalue weighted by atomic mass is 35.5. The highest BCUT2D eigenvalue weighted by Gasteiger charge is 2.13. The molecular weight excluding hydrogens is 280 g/mol. The fraction of sp³-hybridized carbons (Fsp3) is 0.231. The van der Waals surface area contributed by atoms with Gasteiger partial charge in [-0.15, -0.1) is 0 Å². The lowest BCUT2D eigenvalue weighted by atomic mass is 10.1. The maximum atomic E-state index is 11.1. The average molecular weight is 295 g/mol. The van der Waals surface area contributed by atoms with Crippen LogP contribution in [-0.2, 0) is 4.74 Å². The van der Waals surface area contributed by atoms with Crippen molar-refractivity contribution in [3.63, 3.8) is 0 Å². The molecule has 0 aliphatic rings. The number of methoxy groups -OCH3 is 1. The van der Waals surface area contributed by atoms with Gasteiger partial charge in [-0.05, 0) is 19.1 Å². The summed E-state index contributed by atoms with van der Waals surface area (Å²) < 4.78 is 4.52. The number of anilines is 1. The van der Waals surface area contributed by atoms with Gasteiger partial charge in [-0.1, -0.05) is 23.7 Å². The largest absolute Gasteiger partial charge is 0.453 e. The first-order chi connectivity index (χ1) is 9.51. The number of amides is 1. The number of aromatic nitrogens is 2. The van der Waals surface area contributed by atoms with Gasteiger partial charge < -0.3 is 15.5 Å². The number of imidazole rings is 1. The number of ether oxygens (including phenoxy) is 1. The molecule has 0 aliphatic carbocycles. The Bertz CT molecular complexity index is 607. The number of nitrogens with zero attached hydrogens (tertiary/aromatic N) is 1. The summed E-state index contributed by atoms with van der Waals surface area (Å²) in [5, 5.41) is 3.00. The fourth-order valence-corrected chi connectivity index (χ4v) is 1.90. The maximum Gasteiger partial charge on any atom is 0.411 e. The van der Waals surface area contributed by atoms with Crippen molar-refractivity contribution in [1.29, 1.82) is 0 Å². The summed E-state index contributed by atoms with van der Waals surface area (Å²) in [4.78, 5) is 18.4. The number of carbonyl (C=O) groups excluding carboxylic acids is 1. The maximum absolute atomic E-state index is 11.1. The molecule has 2 aromatic rings. The second kappa shape index (κ2) is 5.94. The molecule has 4 N–H and O–H groups in total. The number of hydrogen-bond donors (Lipinski definition) is 3. The SMILES string of the molecule is COC(=O)Nc1ccc(-c2nc(C(C)N)[nH]c2Cl)cc1. The van der Waals surface area contributed by atoms with Crippen molar-refractivity contribution in [1.82, 2.24) is 9.97 Å². The molecule has 1 aromatic carbocycles. The van der Waals surface area contributed by atoms with Crippen LogP contribution in [0.5, 0.6) is 0 Å². The third kappa shape index (κ3) is 3.09. The van der Waals surface area contributed by atoms with E-state index in [9.17, 15) is 4.79 Å². The van der Waals surface area contributed by atoms with Crippen LogP contribution < -0.4 is 11.1 Å². The minimum atomic E-state index is -0.519. The summed E-state index contributed by atoms with van der Waals surface area (Å²) >= 11 is 6.11. The van der Waals surface area contributed by atoms with Crippen molar-refractivity contribution in [2.24, 2.45) is 5.73 Å². The molecule has 1 amide bonds. The Labute approximate surface area is 121 Å². The molecule has 0 fully saturated rings. The van der Waals surface area contributed by atoms with E-state index in [-0.39, 0.29) is 6.04 Å². The number of hydrogen-bond acceptors (Lipinski definition) is 4. The summed E-state index contributed by atoms with van der Waals surface area (Å²) in [6.07, 6.45) is -0.519. The van der Waals surface area contributed by atoms with Crippen LogP contribution in [0.15, 0.2) is 24.3 Å².